The average molecular weight is 455 g/mol. The van der Waals surface area contributed by atoms with Crippen molar-refractivity contribution < 1.29 is 15.0 Å². The highest BCUT2D eigenvalue weighted by Crippen LogP contribution is 2.17. The van der Waals surface area contributed by atoms with Crippen molar-refractivity contribution in [1.29, 1.82) is 0 Å². The second kappa shape index (κ2) is 26.7. The summed E-state index contributed by atoms with van der Waals surface area (Å²) in [5.41, 5.74) is 0. The third-order valence-electron chi connectivity index (χ3n) is 6.96. The number of aliphatic carboxylic acids is 1. The molecule has 1 atom stereocenters. The Labute approximate surface area is 201 Å². The van der Waals surface area contributed by atoms with E-state index < -0.39 is 5.97 Å². The van der Waals surface area contributed by atoms with Gasteiger partial charge in [0.1, 0.15) is 0 Å². The zero-order valence-corrected chi connectivity index (χ0v) is 21.8. The summed E-state index contributed by atoms with van der Waals surface area (Å²) in [6.07, 6.45) is 32.4. The van der Waals surface area contributed by atoms with Crippen LogP contribution in [0.15, 0.2) is 0 Å². The topological polar surface area (TPSA) is 57.5 Å². The lowest BCUT2D eigenvalue weighted by Gasteiger charge is -2.08. The molecule has 0 amide bonds. The van der Waals surface area contributed by atoms with E-state index >= 15 is 0 Å². The lowest BCUT2D eigenvalue weighted by Crippen LogP contribution is -1.97. The molecule has 0 bridgehead atoms. The van der Waals surface area contributed by atoms with E-state index in [4.69, 9.17) is 10.2 Å². The Morgan fingerprint density at radius 3 is 1.06 bits per heavy atom. The molecule has 32 heavy (non-hydrogen) atoms. The average Bonchev–Trinajstić information content (AvgIpc) is 2.76. The molecule has 0 saturated heterocycles. The van der Waals surface area contributed by atoms with Crippen molar-refractivity contribution in [2.24, 2.45) is 5.92 Å². The van der Waals surface area contributed by atoms with Gasteiger partial charge in [0.25, 0.3) is 0 Å². The molecule has 0 aliphatic heterocycles. The zero-order chi connectivity index (χ0) is 23.5. The van der Waals surface area contributed by atoms with Gasteiger partial charge in [0.15, 0.2) is 0 Å². The highest BCUT2D eigenvalue weighted by atomic mass is 16.4. The molecule has 0 spiro atoms. The highest BCUT2D eigenvalue weighted by molar-refractivity contribution is 5.66. The van der Waals surface area contributed by atoms with Crippen molar-refractivity contribution in [3.05, 3.63) is 0 Å². The number of unbranched alkanes of at least 4 members (excludes halogenated alkanes) is 21. The third kappa shape index (κ3) is 27.5. The van der Waals surface area contributed by atoms with Crippen molar-refractivity contribution in [3.63, 3.8) is 0 Å². The van der Waals surface area contributed by atoms with E-state index in [1.807, 2.05) is 0 Å². The number of carboxylic acid groups (broad SMARTS) is 1. The first-order valence-electron chi connectivity index (χ1n) is 14.5. The summed E-state index contributed by atoms with van der Waals surface area (Å²) in [6.45, 7) is 2.61. The highest BCUT2D eigenvalue weighted by Gasteiger charge is 2.01. The van der Waals surface area contributed by atoms with Gasteiger partial charge in [0, 0.05) is 13.0 Å². The van der Waals surface area contributed by atoms with E-state index in [1.165, 1.54) is 135 Å². The van der Waals surface area contributed by atoms with E-state index in [0.717, 1.165) is 19.3 Å². The fourth-order valence-electron chi connectivity index (χ4n) is 4.67. The molecule has 0 radical (unpaired) electrons. The fourth-order valence-corrected chi connectivity index (χ4v) is 4.67. The monoisotopic (exact) mass is 454 g/mol. The number of carboxylic acids is 1. The third-order valence-corrected chi connectivity index (χ3v) is 6.96. The lowest BCUT2D eigenvalue weighted by molar-refractivity contribution is -0.137. The van der Waals surface area contributed by atoms with Gasteiger partial charge in [0.2, 0.25) is 0 Å². The van der Waals surface area contributed by atoms with Gasteiger partial charge in [-0.3, -0.25) is 4.79 Å². The number of carbonyl (C=O) groups is 1. The minimum atomic E-state index is -0.654. The first-order valence-corrected chi connectivity index (χ1v) is 14.5. The van der Waals surface area contributed by atoms with Crippen LogP contribution in [0.3, 0.4) is 0 Å². The van der Waals surface area contributed by atoms with Gasteiger partial charge in [-0.05, 0) is 18.8 Å². The predicted octanol–water partition coefficient (Wildman–Crippen LogP) is 9.45. The second-order valence-electron chi connectivity index (χ2n) is 10.3. The normalized spacial score (nSPS) is 12.3. The summed E-state index contributed by atoms with van der Waals surface area (Å²) in [5, 5.41) is 17.5. The minimum Gasteiger partial charge on any atom is -0.481 e. The maximum atomic E-state index is 10.4. The largest absolute Gasteiger partial charge is 0.481 e. The van der Waals surface area contributed by atoms with Gasteiger partial charge in [-0.1, -0.05) is 148 Å². The van der Waals surface area contributed by atoms with Crippen LogP contribution in [0, 0.1) is 5.92 Å². The van der Waals surface area contributed by atoms with Gasteiger partial charge >= 0.3 is 5.97 Å². The maximum absolute atomic E-state index is 10.4. The van der Waals surface area contributed by atoms with Gasteiger partial charge in [-0.25, -0.2) is 0 Å². The smallest absolute Gasteiger partial charge is 0.303 e. The van der Waals surface area contributed by atoms with Crippen molar-refractivity contribution in [1.82, 2.24) is 0 Å². The van der Waals surface area contributed by atoms with Crippen molar-refractivity contribution >= 4 is 5.97 Å². The van der Waals surface area contributed by atoms with Crippen LogP contribution in [0.2, 0.25) is 0 Å². The molecule has 0 aromatic carbocycles. The van der Waals surface area contributed by atoms with Crippen LogP contribution in [-0.2, 0) is 4.79 Å². The molecule has 0 rings (SSSR count). The number of aliphatic hydroxyl groups is 1. The van der Waals surface area contributed by atoms with Gasteiger partial charge < -0.3 is 10.2 Å². The van der Waals surface area contributed by atoms with Crippen LogP contribution >= 0.6 is 0 Å². The maximum Gasteiger partial charge on any atom is 0.303 e. The zero-order valence-electron chi connectivity index (χ0n) is 21.8. The number of aliphatic hydroxyl groups excluding tert-OH is 1. The Bertz CT molecular complexity index is 369. The van der Waals surface area contributed by atoms with Gasteiger partial charge in [0.05, 0.1) is 0 Å². The van der Waals surface area contributed by atoms with E-state index in [0.29, 0.717) is 18.9 Å². The molecule has 0 unspecified atom stereocenters. The molecule has 0 saturated carbocycles. The summed E-state index contributed by atoms with van der Waals surface area (Å²) in [4.78, 5) is 10.4. The fraction of sp³-hybridized carbons (Fsp3) is 0.966. The molecule has 2 N–H and O–H groups in total. The van der Waals surface area contributed by atoms with Crippen LogP contribution in [0.5, 0.6) is 0 Å². The Balaban J connectivity index is 3.04. The molecule has 0 aromatic rings. The number of hydrogen-bond acceptors (Lipinski definition) is 2. The first-order chi connectivity index (χ1) is 15.7. The lowest BCUT2D eigenvalue weighted by atomic mass is 9.99. The van der Waals surface area contributed by atoms with E-state index in [2.05, 4.69) is 6.92 Å². The van der Waals surface area contributed by atoms with Crippen LogP contribution in [0.4, 0.5) is 0 Å². The van der Waals surface area contributed by atoms with Gasteiger partial charge in [-0.2, -0.15) is 0 Å². The van der Waals surface area contributed by atoms with E-state index in [-0.39, 0.29) is 0 Å². The Morgan fingerprint density at radius 1 is 0.500 bits per heavy atom. The van der Waals surface area contributed by atoms with E-state index in [1.54, 1.807) is 0 Å². The molecule has 0 heterocycles. The van der Waals surface area contributed by atoms with Crippen LogP contribution in [0.1, 0.15) is 167 Å². The summed E-state index contributed by atoms with van der Waals surface area (Å²) in [5.74, 6) is 0.0455. The predicted molar refractivity (Wildman–Crippen MR) is 139 cm³/mol. The second-order valence-corrected chi connectivity index (χ2v) is 10.3. The van der Waals surface area contributed by atoms with Crippen molar-refractivity contribution in [3.8, 4) is 0 Å². The quantitative estimate of drug-likeness (QED) is 0.121. The Kier molecular flexibility index (Phi) is 26.2. The SMILES string of the molecule is C[C@H](CCO)CCCCCCCCCCCCCCCCCCCCCCCCC(=O)O. The first kappa shape index (κ1) is 31.4. The summed E-state index contributed by atoms with van der Waals surface area (Å²) in [6, 6.07) is 0. The molecule has 192 valence electrons. The van der Waals surface area contributed by atoms with Crippen LogP contribution < -0.4 is 0 Å². The molecular formula is C29H58O3. The molecule has 0 fully saturated rings. The minimum absolute atomic E-state index is 0.341. The van der Waals surface area contributed by atoms with Gasteiger partial charge in [-0.15, -0.1) is 0 Å². The van der Waals surface area contributed by atoms with Crippen LogP contribution in [-0.4, -0.2) is 22.8 Å². The van der Waals surface area contributed by atoms with Crippen molar-refractivity contribution in [2.75, 3.05) is 6.61 Å². The Hall–Kier alpha value is -0.570. The van der Waals surface area contributed by atoms with Crippen LogP contribution in [0.25, 0.3) is 0 Å². The van der Waals surface area contributed by atoms with E-state index in [9.17, 15) is 4.79 Å². The molecule has 0 aliphatic rings. The number of hydrogen-bond donors (Lipinski definition) is 2. The molecule has 0 aliphatic carbocycles. The molecular weight excluding hydrogens is 396 g/mol. The summed E-state index contributed by atoms with van der Waals surface area (Å²) < 4.78 is 0. The molecule has 3 nitrogen and oxygen atoms in total. The summed E-state index contributed by atoms with van der Waals surface area (Å²) in [7, 11) is 0. The standard InChI is InChI=1S/C29H58O3/c1-28(26-27-30)24-22-20-18-16-14-12-10-8-6-4-2-3-5-7-9-11-13-15-17-19-21-23-25-29(31)32/h28,30H,2-27H2,1H3,(H,31,32)/t28-/m0/s1. The van der Waals surface area contributed by atoms with Crippen molar-refractivity contribution in [2.45, 2.75) is 167 Å². The molecule has 3 heteroatoms. The Morgan fingerprint density at radius 2 is 0.781 bits per heavy atom. The summed E-state index contributed by atoms with van der Waals surface area (Å²) >= 11 is 0. The number of rotatable bonds is 27. The molecule has 0 aromatic heterocycles.